The molecule has 0 radical (unpaired) electrons. The number of aromatic nitrogens is 5. The molecule has 0 unspecified atom stereocenters. The fourth-order valence-corrected chi connectivity index (χ4v) is 8.99. The third kappa shape index (κ3) is 5.37. The lowest BCUT2D eigenvalue weighted by molar-refractivity contribution is 1.05. The van der Waals surface area contributed by atoms with Crippen molar-refractivity contribution < 1.29 is 0 Å². The SMILES string of the molecule is c1ccc(-c2nc(-c3ccc(-c4cccc(-c5nc6c7ccccc7c7ccccc7c6n5-c5ccccc5)c4)cc3)n3c(-c4ccccc4)c4ccccc4c3n2)cc1. The number of nitrogens with zero attached hydrogens (tertiary/aromatic N) is 5. The van der Waals surface area contributed by atoms with Crippen LogP contribution in [0.5, 0.6) is 0 Å². The van der Waals surface area contributed by atoms with E-state index in [-0.39, 0.29) is 0 Å². The highest BCUT2D eigenvalue weighted by molar-refractivity contribution is 6.24. The summed E-state index contributed by atoms with van der Waals surface area (Å²) in [5, 5.41) is 6.99. The third-order valence-corrected chi connectivity index (χ3v) is 11.7. The van der Waals surface area contributed by atoms with Gasteiger partial charge in [0.25, 0.3) is 0 Å². The maximum absolute atomic E-state index is 5.49. The van der Waals surface area contributed by atoms with Crippen LogP contribution in [0.2, 0.25) is 0 Å². The molecule has 0 aliphatic carbocycles. The van der Waals surface area contributed by atoms with Gasteiger partial charge in [0, 0.05) is 43.9 Å². The van der Waals surface area contributed by atoms with E-state index in [9.17, 15) is 0 Å². The van der Waals surface area contributed by atoms with Crippen LogP contribution in [0.15, 0.2) is 212 Å². The maximum atomic E-state index is 5.49. The molecule has 3 heterocycles. The molecule has 0 bridgehead atoms. The van der Waals surface area contributed by atoms with E-state index in [4.69, 9.17) is 15.0 Å². The number of para-hydroxylation sites is 1. The zero-order valence-corrected chi connectivity index (χ0v) is 32.4. The molecule has 9 aromatic carbocycles. The Morgan fingerprint density at radius 1 is 0.317 bits per heavy atom. The lowest BCUT2D eigenvalue weighted by Gasteiger charge is -2.14. The predicted molar refractivity (Wildman–Crippen MR) is 247 cm³/mol. The molecule has 3 aromatic heterocycles. The smallest absolute Gasteiger partial charge is 0.163 e. The zero-order valence-electron chi connectivity index (χ0n) is 32.4. The van der Waals surface area contributed by atoms with Gasteiger partial charge in [0.2, 0.25) is 0 Å². The summed E-state index contributed by atoms with van der Waals surface area (Å²) in [5.74, 6) is 2.44. The molecule has 0 aliphatic rings. The molecule has 12 rings (SSSR count). The van der Waals surface area contributed by atoms with Gasteiger partial charge in [-0.05, 0) is 45.7 Å². The van der Waals surface area contributed by atoms with Crippen molar-refractivity contribution in [2.45, 2.75) is 0 Å². The molecule has 0 atom stereocenters. The number of rotatable bonds is 6. The van der Waals surface area contributed by atoms with Crippen molar-refractivity contribution in [2.24, 2.45) is 0 Å². The maximum Gasteiger partial charge on any atom is 0.163 e. The van der Waals surface area contributed by atoms with Crippen molar-refractivity contribution in [2.75, 3.05) is 0 Å². The Bertz CT molecular complexity index is 3570. The lowest BCUT2D eigenvalue weighted by atomic mass is 10.00. The first kappa shape index (κ1) is 33.9. The average Bonchev–Trinajstić information content (AvgIpc) is 3.90. The van der Waals surface area contributed by atoms with Crippen molar-refractivity contribution in [3.63, 3.8) is 0 Å². The molecule has 5 heteroatoms. The van der Waals surface area contributed by atoms with Gasteiger partial charge in [0.15, 0.2) is 5.82 Å². The minimum atomic E-state index is 0.694. The van der Waals surface area contributed by atoms with E-state index in [1.54, 1.807) is 0 Å². The molecule has 0 aliphatic heterocycles. The van der Waals surface area contributed by atoms with Crippen molar-refractivity contribution in [3.05, 3.63) is 212 Å². The van der Waals surface area contributed by atoms with Gasteiger partial charge >= 0.3 is 0 Å². The van der Waals surface area contributed by atoms with Gasteiger partial charge in [0.1, 0.15) is 17.3 Å². The number of imidazole rings is 1. The van der Waals surface area contributed by atoms with Crippen molar-refractivity contribution in [3.8, 4) is 62.2 Å². The van der Waals surface area contributed by atoms with Gasteiger partial charge < -0.3 is 0 Å². The van der Waals surface area contributed by atoms with E-state index >= 15 is 0 Å². The molecule has 60 heavy (non-hydrogen) atoms. The number of hydrogen-bond acceptors (Lipinski definition) is 3. The van der Waals surface area contributed by atoms with Gasteiger partial charge in [-0.15, -0.1) is 0 Å². The quantitative estimate of drug-likeness (QED) is 0.158. The summed E-state index contributed by atoms with van der Waals surface area (Å²) in [5.41, 5.74) is 11.5. The van der Waals surface area contributed by atoms with Gasteiger partial charge in [0.05, 0.1) is 16.7 Å². The molecule has 280 valence electrons. The summed E-state index contributed by atoms with van der Waals surface area (Å²) in [6, 6.07) is 74.8. The lowest BCUT2D eigenvalue weighted by Crippen LogP contribution is -2.03. The largest absolute Gasteiger partial charge is 0.292 e. The minimum Gasteiger partial charge on any atom is -0.292 e. The first-order valence-corrected chi connectivity index (χ1v) is 20.3. The second-order valence-corrected chi connectivity index (χ2v) is 15.2. The van der Waals surface area contributed by atoms with Crippen LogP contribution in [0.1, 0.15) is 0 Å². The van der Waals surface area contributed by atoms with E-state index in [2.05, 4.69) is 203 Å². The number of hydrogen-bond donors (Lipinski definition) is 0. The van der Waals surface area contributed by atoms with Crippen molar-refractivity contribution >= 4 is 49.0 Å². The minimum absolute atomic E-state index is 0.694. The van der Waals surface area contributed by atoms with Crippen LogP contribution in [-0.4, -0.2) is 23.9 Å². The van der Waals surface area contributed by atoms with E-state index in [0.717, 1.165) is 89.3 Å². The fraction of sp³-hybridized carbons (Fsp3) is 0. The van der Waals surface area contributed by atoms with Crippen LogP contribution >= 0.6 is 0 Å². The van der Waals surface area contributed by atoms with Crippen LogP contribution in [0.3, 0.4) is 0 Å². The zero-order chi connectivity index (χ0) is 39.6. The van der Waals surface area contributed by atoms with Crippen molar-refractivity contribution in [1.29, 1.82) is 0 Å². The summed E-state index contributed by atoms with van der Waals surface area (Å²) in [4.78, 5) is 16.0. The molecule has 0 fully saturated rings. The number of fused-ring (bicyclic) bond motifs is 9. The average molecular weight is 766 g/mol. The predicted octanol–water partition coefficient (Wildman–Crippen LogP) is 13.9. The normalized spacial score (nSPS) is 11.7. The second kappa shape index (κ2) is 13.8. The Balaban J connectivity index is 1.03. The molecular weight excluding hydrogens is 731 g/mol. The van der Waals surface area contributed by atoms with Crippen molar-refractivity contribution in [1.82, 2.24) is 23.9 Å². The molecular formula is C55H35N5. The molecule has 0 amide bonds. The fourth-order valence-electron chi connectivity index (χ4n) is 8.99. The second-order valence-electron chi connectivity index (χ2n) is 15.2. The van der Waals surface area contributed by atoms with Gasteiger partial charge in [-0.25, -0.2) is 15.0 Å². The summed E-state index contributed by atoms with van der Waals surface area (Å²) in [6.07, 6.45) is 0. The molecule has 0 saturated heterocycles. The summed E-state index contributed by atoms with van der Waals surface area (Å²) in [7, 11) is 0. The number of benzene rings is 9. The van der Waals surface area contributed by atoms with Crippen LogP contribution in [-0.2, 0) is 0 Å². The summed E-state index contributed by atoms with van der Waals surface area (Å²) >= 11 is 0. The molecule has 0 N–H and O–H groups in total. The third-order valence-electron chi connectivity index (χ3n) is 11.7. The van der Waals surface area contributed by atoms with Gasteiger partial charge in [-0.1, -0.05) is 194 Å². The standard InChI is InChI=1S/C55H35N5/c1-4-17-37(18-5-1)50-47-29-14-15-30-48(47)55-58-52(38-19-6-2-7-20-38)57-53(60(50)55)39-33-31-36(32-34-39)40-21-16-22-41(35-40)54-56-49-45-27-12-10-25-43(45)44-26-11-13-28-46(44)51(49)59(54)42-23-8-3-9-24-42/h1-35H. The highest BCUT2D eigenvalue weighted by atomic mass is 15.1. The molecule has 5 nitrogen and oxygen atoms in total. The van der Waals surface area contributed by atoms with E-state index < -0.39 is 0 Å². The molecule has 12 aromatic rings. The Labute approximate surface area is 346 Å². The van der Waals surface area contributed by atoms with Crippen LogP contribution in [0, 0.1) is 0 Å². The first-order valence-electron chi connectivity index (χ1n) is 20.3. The van der Waals surface area contributed by atoms with Crippen LogP contribution in [0.4, 0.5) is 0 Å². The highest BCUT2D eigenvalue weighted by Gasteiger charge is 2.22. The van der Waals surface area contributed by atoms with E-state index in [0.29, 0.717) is 5.82 Å². The van der Waals surface area contributed by atoms with Gasteiger partial charge in [-0.2, -0.15) is 0 Å². The summed E-state index contributed by atoms with van der Waals surface area (Å²) < 4.78 is 4.58. The van der Waals surface area contributed by atoms with Gasteiger partial charge in [-0.3, -0.25) is 8.97 Å². The topological polar surface area (TPSA) is 48.0 Å². The summed E-state index contributed by atoms with van der Waals surface area (Å²) in [6.45, 7) is 0. The first-order chi connectivity index (χ1) is 29.8. The van der Waals surface area contributed by atoms with E-state index in [1.165, 1.54) is 16.2 Å². The highest BCUT2D eigenvalue weighted by Crippen LogP contribution is 2.41. The van der Waals surface area contributed by atoms with Crippen LogP contribution in [0.25, 0.3) is 111 Å². The Hall–Kier alpha value is -8.15. The van der Waals surface area contributed by atoms with Crippen LogP contribution < -0.4 is 0 Å². The molecule has 0 saturated carbocycles. The Morgan fingerprint density at radius 3 is 1.57 bits per heavy atom. The van der Waals surface area contributed by atoms with E-state index in [1.807, 2.05) is 18.2 Å². The monoisotopic (exact) mass is 765 g/mol. The molecule has 0 spiro atoms. The Morgan fingerprint density at radius 2 is 0.850 bits per heavy atom. The Kier molecular flexibility index (Phi) is 7.78.